The number of rotatable bonds is 4. The lowest BCUT2D eigenvalue weighted by atomic mass is 9.95. The normalized spacial score (nSPS) is 13.7. The van der Waals surface area contributed by atoms with Gasteiger partial charge in [0.25, 0.3) is 5.56 Å². The van der Waals surface area contributed by atoms with E-state index in [0.29, 0.717) is 5.56 Å². The average Bonchev–Trinajstić information content (AvgIpc) is 3.47. The Morgan fingerprint density at radius 1 is 1.15 bits per heavy atom. The zero-order chi connectivity index (χ0) is 19.3. The number of carboxylic acid groups (broad SMARTS) is 1. The Hall–Kier alpha value is -3.21. The smallest absolute Gasteiger partial charge is 0.341 e. The van der Waals surface area contributed by atoms with Crippen LogP contribution in [0.3, 0.4) is 0 Å². The number of aromatic nitrogens is 1. The topological polar surface area (TPSA) is 75.8 Å². The molecule has 1 aromatic carbocycles. The molecule has 136 valence electrons. The van der Waals surface area contributed by atoms with E-state index < -0.39 is 11.5 Å². The predicted molar refractivity (Wildman–Crippen MR) is 103 cm³/mol. The van der Waals surface area contributed by atoms with E-state index in [2.05, 4.69) is 0 Å². The molecule has 4 rings (SSSR count). The first kappa shape index (κ1) is 17.2. The van der Waals surface area contributed by atoms with Gasteiger partial charge in [-0.3, -0.25) is 14.0 Å². The van der Waals surface area contributed by atoms with Crippen LogP contribution in [-0.2, 0) is 0 Å². The fourth-order valence-corrected chi connectivity index (χ4v) is 3.67. The van der Waals surface area contributed by atoms with E-state index in [-0.39, 0.29) is 17.3 Å². The summed E-state index contributed by atoms with van der Waals surface area (Å²) in [7, 11) is 0. The maximum absolute atomic E-state index is 12.6. The lowest BCUT2D eigenvalue weighted by Crippen LogP contribution is -2.23. The van der Waals surface area contributed by atoms with Gasteiger partial charge in [0, 0.05) is 11.8 Å². The number of carboxylic acids is 1. The van der Waals surface area contributed by atoms with Crippen molar-refractivity contribution in [2.75, 3.05) is 0 Å². The molecule has 0 bridgehead atoms. The van der Waals surface area contributed by atoms with Gasteiger partial charge < -0.3 is 5.11 Å². The van der Waals surface area contributed by atoms with Gasteiger partial charge in [0.2, 0.25) is 0 Å². The van der Waals surface area contributed by atoms with Crippen LogP contribution in [0.1, 0.15) is 57.5 Å². The van der Waals surface area contributed by atoms with Crippen LogP contribution in [-0.4, -0.2) is 21.3 Å². The van der Waals surface area contributed by atoms with Crippen molar-refractivity contribution in [3.05, 3.63) is 75.2 Å². The molecule has 0 radical (unpaired) electrons. The fourth-order valence-electron chi connectivity index (χ4n) is 3.67. The van der Waals surface area contributed by atoms with Gasteiger partial charge in [-0.15, -0.1) is 0 Å². The third-order valence-corrected chi connectivity index (χ3v) is 5.24. The second kappa shape index (κ2) is 6.20. The molecular weight excluding hydrogens is 342 g/mol. The lowest BCUT2D eigenvalue weighted by Gasteiger charge is -2.15. The molecule has 3 aromatic rings. The first-order chi connectivity index (χ1) is 12.9. The highest BCUT2D eigenvalue weighted by Gasteiger charge is 2.29. The fraction of sp³-hybridized carbons (Fsp3) is 0.227. The van der Waals surface area contributed by atoms with Gasteiger partial charge in [-0.25, -0.2) is 4.79 Å². The standard InChI is InChI=1S/C22H19NO4/c1-12-17(16-5-3-4-15(10-16)13(2)24)8-9-23-20(12)18(14-6-7-14)11-19(21(23)25)22(26)27/h3-5,8-11,14H,6-7H2,1-2H3,(H,26,27). The van der Waals surface area contributed by atoms with Crippen LogP contribution in [0.5, 0.6) is 0 Å². The molecule has 0 unspecified atom stereocenters. The molecule has 1 fully saturated rings. The average molecular weight is 361 g/mol. The minimum Gasteiger partial charge on any atom is -0.477 e. The summed E-state index contributed by atoms with van der Waals surface area (Å²) in [5, 5.41) is 9.39. The van der Waals surface area contributed by atoms with E-state index in [9.17, 15) is 19.5 Å². The van der Waals surface area contributed by atoms with Crippen LogP contribution >= 0.6 is 0 Å². The Bertz CT molecular complexity index is 1170. The van der Waals surface area contributed by atoms with Crippen LogP contribution in [0, 0.1) is 6.92 Å². The zero-order valence-corrected chi connectivity index (χ0v) is 15.2. The molecule has 2 heterocycles. The Balaban J connectivity index is 2.02. The van der Waals surface area contributed by atoms with E-state index in [1.807, 2.05) is 31.2 Å². The van der Waals surface area contributed by atoms with E-state index in [1.165, 1.54) is 11.3 Å². The molecule has 5 heteroatoms. The Morgan fingerprint density at radius 2 is 1.89 bits per heavy atom. The van der Waals surface area contributed by atoms with Crippen LogP contribution in [0.4, 0.5) is 0 Å². The summed E-state index contributed by atoms with van der Waals surface area (Å²) in [4.78, 5) is 35.9. The Labute approximate surface area is 155 Å². The van der Waals surface area contributed by atoms with E-state index in [4.69, 9.17) is 0 Å². The quantitative estimate of drug-likeness (QED) is 0.711. The third kappa shape index (κ3) is 2.85. The molecule has 0 spiro atoms. The molecule has 0 amide bonds. The number of Topliss-reactive ketones (excluding diaryl/α,β-unsaturated/α-hetero) is 1. The molecule has 0 aliphatic heterocycles. The molecule has 1 aliphatic rings. The first-order valence-electron chi connectivity index (χ1n) is 8.92. The number of carbonyl (C=O) groups is 2. The van der Waals surface area contributed by atoms with Gasteiger partial charge in [-0.1, -0.05) is 18.2 Å². The van der Waals surface area contributed by atoms with Crippen molar-refractivity contribution in [2.24, 2.45) is 0 Å². The summed E-state index contributed by atoms with van der Waals surface area (Å²) < 4.78 is 1.45. The summed E-state index contributed by atoms with van der Waals surface area (Å²) in [6, 6.07) is 10.8. The molecule has 1 aliphatic carbocycles. The maximum Gasteiger partial charge on any atom is 0.341 e. The second-order valence-electron chi connectivity index (χ2n) is 7.11. The molecule has 27 heavy (non-hydrogen) atoms. The van der Waals surface area contributed by atoms with Crippen LogP contribution in [0.25, 0.3) is 16.6 Å². The minimum absolute atomic E-state index is 0.00344. The number of benzene rings is 1. The van der Waals surface area contributed by atoms with Crippen molar-refractivity contribution in [1.82, 2.24) is 4.40 Å². The molecule has 1 saturated carbocycles. The molecule has 0 saturated heterocycles. The number of fused-ring (bicyclic) bond motifs is 1. The number of hydrogen-bond donors (Lipinski definition) is 1. The van der Waals surface area contributed by atoms with Crippen molar-refractivity contribution in [3.8, 4) is 11.1 Å². The number of aromatic carboxylic acids is 1. The van der Waals surface area contributed by atoms with Crippen molar-refractivity contribution in [2.45, 2.75) is 32.6 Å². The number of nitrogens with zero attached hydrogens (tertiary/aromatic N) is 1. The predicted octanol–water partition coefficient (Wildman–Crippen LogP) is 4.05. The lowest BCUT2D eigenvalue weighted by molar-refractivity contribution is 0.0694. The summed E-state index contributed by atoms with van der Waals surface area (Å²) >= 11 is 0. The van der Waals surface area contributed by atoms with Gasteiger partial charge in [0.15, 0.2) is 5.78 Å². The van der Waals surface area contributed by atoms with Crippen LogP contribution in [0.15, 0.2) is 47.4 Å². The van der Waals surface area contributed by atoms with Gasteiger partial charge >= 0.3 is 5.97 Å². The number of aryl methyl sites for hydroxylation is 1. The van der Waals surface area contributed by atoms with Gasteiger partial charge in [-0.05, 0) is 73.1 Å². The van der Waals surface area contributed by atoms with Crippen molar-refractivity contribution in [1.29, 1.82) is 0 Å². The number of ketones is 1. The molecule has 5 nitrogen and oxygen atoms in total. The maximum atomic E-state index is 12.6. The van der Waals surface area contributed by atoms with Crippen molar-refractivity contribution >= 4 is 17.3 Å². The summed E-state index contributed by atoms with van der Waals surface area (Å²) in [5.41, 5.74) is 4.35. The van der Waals surface area contributed by atoms with E-state index in [0.717, 1.165) is 40.6 Å². The molecule has 0 atom stereocenters. The molecular formula is C22H19NO4. The largest absolute Gasteiger partial charge is 0.477 e. The van der Waals surface area contributed by atoms with Gasteiger partial charge in [0.1, 0.15) is 5.56 Å². The number of pyridine rings is 2. The van der Waals surface area contributed by atoms with E-state index >= 15 is 0 Å². The molecule has 1 N–H and O–H groups in total. The van der Waals surface area contributed by atoms with Crippen molar-refractivity contribution in [3.63, 3.8) is 0 Å². The van der Waals surface area contributed by atoms with Gasteiger partial charge in [-0.2, -0.15) is 0 Å². The molecule has 2 aromatic heterocycles. The van der Waals surface area contributed by atoms with Crippen molar-refractivity contribution < 1.29 is 14.7 Å². The first-order valence-corrected chi connectivity index (χ1v) is 8.92. The summed E-state index contributed by atoms with van der Waals surface area (Å²) in [5.74, 6) is -0.917. The summed E-state index contributed by atoms with van der Waals surface area (Å²) in [6.45, 7) is 3.47. The highest BCUT2D eigenvalue weighted by molar-refractivity contribution is 5.95. The minimum atomic E-state index is -1.20. The van der Waals surface area contributed by atoms with E-state index in [1.54, 1.807) is 18.3 Å². The Kier molecular flexibility index (Phi) is 3.95. The van der Waals surface area contributed by atoms with Crippen LogP contribution in [0.2, 0.25) is 0 Å². The SMILES string of the molecule is CC(=O)c1cccc(-c2ccn3c(=O)c(C(=O)O)cc(C4CC4)c3c2C)c1. The summed E-state index contributed by atoms with van der Waals surface area (Å²) in [6.07, 6.45) is 3.63. The Morgan fingerprint density at radius 3 is 2.52 bits per heavy atom. The van der Waals surface area contributed by atoms with Gasteiger partial charge in [0.05, 0.1) is 5.52 Å². The second-order valence-corrected chi connectivity index (χ2v) is 7.11. The monoisotopic (exact) mass is 361 g/mol. The third-order valence-electron chi connectivity index (χ3n) is 5.24. The highest BCUT2D eigenvalue weighted by Crippen LogP contribution is 2.43. The zero-order valence-electron chi connectivity index (χ0n) is 15.2. The highest BCUT2D eigenvalue weighted by atomic mass is 16.4. The number of carbonyl (C=O) groups excluding carboxylic acids is 1. The van der Waals surface area contributed by atoms with Crippen LogP contribution < -0.4 is 5.56 Å². The number of hydrogen-bond acceptors (Lipinski definition) is 3.